The first-order valence-electron chi connectivity index (χ1n) is 6.66. The van der Waals surface area contributed by atoms with Crippen LogP contribution in [0.2, 0.25) is 0 Å². The topological polar surface area (TPSA) is 21.3 Å². The molecule has 0 spiro atoms. The fourth-order valence-corrected chi connectivity index (χ4v) is 2.96. The Balaban J connectivity index is 2.12. The van der Waals surface area contributed by atoms with Gasteiger partial charge in [-0.3, -0.25) is 0 Å². The Kier molecular flexibility index (Phi) is 3.20. The highest BCUT2D eigenvalue weighted by atomic mass is 16.5. The summed E-state index contributed by atoms with van der Waals surface area (Å²) in [5.74, 6) is 1.66. The molecule has 2 nitrogen and oxygen atoms in total. The molecule has 2 aromatic carbocycles. The summed E-state index contributed by atoms with van der Waals surface area (Å²) in [5, 5.41) is 6.01. The summed E-state index contributed by atoms with van der Waals surface area (Å²) in [6.07, 6.45) is 2.46. The number of ether oxygens (including phenoxy) is 1. The number of hydrogen-bond acceptors (Lipinski definition) is 2. The zero-order chi connectivity index (χ0) is 12.4. The summed E-state index contributed by atoms with van der Waals surface area (Å²) < 4.78 is 5.46. The summed E-state index contributed by atoms with van der Waals surface area (Å²) in [6.45, 7) is 2.26. The molecule has 0 atom stereocenters. The van der Waals surface area contributed by atoms with Crippen LogP contribution < -0.4 is 10.1 Å². The standard InChI is InChI=1S/C16H19NO/c1-18-16-7-6-13(12-8-10-17-11-9-12)14-4-2-3-5-15(14)16/h2-7,12,17H,8-11H2,1H3. The van der Waals surface area contributed by atoms with Crippen molar-refractivity contribution in [3.8, 4) is 5.75 Å². The van der Waals surface area contributed by atoms with Crippen LogP contribution in [0.1, 0.15) is 24.3 Å². The van der Waals surface area contributed by atoms with Crippen molar-refractivity contribution in [3.05, 3.63) is 42.0 Å². The van der Waals surface area contributed by atoms with Gasteiger partial charge in [0.1, 0.15) is 5.75 Å². The van der Waals surface area contributed by atoms with Gasteiger partial charge in [-0.15, -0.1) is 0 Å². The lowest BCUT2D eigenvalue weighted by Gasteiger charge is -2.24. The van der Waals surface area contributed by atoms with Crippen molar-refractivity contribution < 1.29 is 4.74 Å². The van der Waals surface area contributed by atoms with Gasteiger partial charge in [-0.05, 0) is 48.9 Å². The summed E-state index contributed by atoms with van der Waals surface area (Å²) in [7, 11) is 1.74. The van der Waals surface area contributed by atoms with Crippen LogP contribution in [0.5, 0.6) is 5.75 Å². The predicted octanol–water partition coefficient (Wildman–Crippen LogP) is 3.32. The van der Waals surface area contributed by atoms with Crippen molar-refractivity contribution in [1.29, 1.82) is 0 Å². The van der Waals surface area contributed by atoms with E-state index in [0.717, 1.165) is 18.8 Å². The average molecular weight is 241 g/mol. The van der Waals surface area contributed by atoms with Crippen LogP contribution in [0.15, 0.2) is 36.4 Å². The molecule has 1 aliphatic rings. The Labute approximate surface area is 108 Å². The lowest BCUT2D eigenvalue weighted by atomic mass is 9.87. The molecule has 1 saturated heterocycles. The number of methoxy groups -OCH3 is 1. The summed E-state index contributed by atoms with van der Waals surface area (Å²) in [6, 6.07) is 12.9. The zero-order valence-electron chi connectivity index (χ0n) is 10.8. The van der Waals surface area contributed by atoms with Gasteiger partial charge in [0, 0.05) is 5.39 Å². The maximum atomic E-state index is 5.46. The van der Waals surface area contributed by atoms with Gasteiger partial charge in [-0.2, -0.15) is 0 Å². The fourth-order valence-electron chi connectivity index (χ4n) is 2.96. The molecule has 0 amide bonds. The monoisotopic (exact) mass is 241 g/mol. The minimum absolute atomic E-state index is 0.682. The SMILES string of the molecule is COc1ccc(C2CCNCC2)c2ccccc12. The average Bonchev–Trinajstić information content (AvgIpc) is 2.47. The minimum Gasteiger partial charge on any atom is -0.496 e. The number of benzene rings is 2. The highest BCUT2D eigenvalue weighted by molar-refractivity contribution is 5.91. The van der Waals surface area contributed by atoms with Crippen molar-refractivity contribution in [2.75, 3.05) is 20.2 Å². The van der Waals surface area contributed by atoms with Crippen molar-refractivity contribution in [2.45, 2.75) is 18.8 Å². The van der Waals surface area contributed by atoms with Crippen molar-refractivity contribution in [3.63, 3.8) is 0 Å². The summed E-state index contributed by atoms with van der Waals surface area (Å²) >= 11 is 0. The smallest absolute Gasteiger partial charge is 0.126 e. The molecule has 0 saturated carbocycles. The second-order valence-corrected chi connectivity index (χ2v) is 4.93. The van der Waals surface area contributed by atoms with Crippen LogP contribution >= 0.6 is 0 Å². The van der Waals surface area contributed by atoms with Gasteiger partial charge in [0.05, 0.1) is 7.11 Å². The Morgan fingerprint density at radius 3 is 2.44 bits per heavy atom. The second-order valence-electron chi connectivity index (χ2n) is 4.93. The zero-order valence-corrected chi connectivity index (χ0v) is 10.8. The summed E-state index contributed by atoms with van der Waals surface area (Å²) in [4.78, 5) is 0. The van der Waals surface area contributed by atoms with Crippen molar-refractivity contribution in [1.82, 2.24) is 5.32 Å². The number of piperidine rings is 1. The molecule has 1 fully saturated rings. The van der Waals surface area contributed by atoms with E-state index in [4.69, 9.17) is 4.74 Å². The highest BCUT2D eigenvalue weighted by Crippen LogP contribution is 2.35. The maximum absolute atomic E-state index is 5.46. The van der Waals surface area contributed by atoms with E-state index >= 15 is 0 Å². The maximum Gasteiger partial charge on any atom is 0.126 e. The third kappa shape index (κ3) is 1.97. The number of fused-ring (bicyclic) bond motifs is 1. The molecular formula is C16H19NO. The molecule has 0 unspecified atom stereocenters. The normalized spacial score (nSPS) is 16.9. The largest absolute Gasteiger partial charge is 0.496 e. The van der Waals surface area contributed by atoms with E-state index in [0.29, 0.717) is 5.92 Å². The van der Waals surface area contributed by atoms with Crippen LogP contribution in [-0.4, -0.2) is 20.2 Å². The molecule has 2 heteroatoms. The van der Waals surface area contributed by atoms with Crippen molar-refractivity contribution in [2.24, 2.45) is 0 Å². The van der Waals surface area contributed by atoms with E-state index in [1.54, 1.807) is 7.11 Å². The van der Waals surface area contributed by atoms with Gasteiger partial charge >= 0.3 is 0 Å². The molecule has 0 aromatic heterocycles. The van der Waals surface area contributed by atoms with E-state index in [9.17, 15) is 0 Å². The molecule has 3 rings (SSSR count). The third-order valence-electron chi connectivity index (χ3n) is 3.92. The second kappa shape index (κ2) is 4.99. The van der Waals surface area contributed by atoms with Crippen LogP contribution in [0.3, 0.4) is 0 Å². The predicted molar refractivity (Wildman–Crippen MR) is 75.3 cm³/mol. The number of hydrogen-bond donors (Lipinski definition) is 1. The Bertz CT molecular complexity index is 544. The highest BCUT2D eigenvalue weighted by Gasteiger charge is 2.18. The minimum atomic E-state index is 0.682. The number of nitrogens with one attached hydrogen (secondary N) is 1. The van der Waals surface area contributed by atoms with Gasteiger partial charge in [-0.25, -0.2) is 0 Å². The van der Waals surface area contributed by atoms with Gasteiger partial charge in [-0.1, -0.05) is 30.3 Å². The van der Waals surface area contributed by atoms with Crippen LogP contribution in [0.25, 0.3) is 10.8 Å². The van der Waals surface area contributed by atoms with Gasteiger partial charge in [0.25, 0.3) is 0 Å². The van der Waals surface area contributed by atoms with E-state index in [1.807, 2.05) is 0 Å². The molecule has 94 valence electrons. The fraction of sp³-hybridized carbons (Fsp3) is 0.375. The molecule has 1 N–H and O–H groups in total. The Hall–Kier alpha value is -1.54. The first-order valence-corrected chi connectivity index (χ1v) is 6.66. The van der Waals surface area contributed by atoms with Crippen LogP contribution in [0, 0.1) is 0 Å². The molecule has 18 heavy (non-hydrogen) atoms. The number of rotatable bonds is 2. The van der Waals surface area contributed by atoms with Gasteiger partial charge in [0.2, 0.25) is 0 Å². The van der Waals surface area contributed by atoms with E-state index < -0.39 is 0 Å². The molecule has 1 aliphatic heterocycles. The lowest BCUT2D eigenvalue weighted by Crippen LogP contribution is -2.26. The van der Waals surface area contributed by atoms with E-state index in [2.05, 4.69) is 41.7 Å². The molecule has 0 aliphatic carbocycles. The molecule has 2 aromatic rings. The molecule has 0 bridgehead atoms. The van der Waals surface area contributed by atoms with Gasteiger partial charge < -0.3 is 10.1 Å². The quantitative estimate of drug-likeness (QED) is 0.871. The first-order chi connectivity index (χ1) is 8.90. The Morgan fingerprint density at radius 2 is 1.72 bits per heavy atom. The Morgan fingerprint density at radius 1 is 1.00 bits per heavy atom. The summed E-state index contributed by atoms with van der Waals surface area (Å²) in [5.41, 5.74) is 1.48. The van der Waals surface area contributed by atoms with Crippen molar-refractivity contribution >= 4 is 10.8 Å². The van der Waals surface area contributed by atoms with Crippen LogP contribution in [-0.2, 0) is 0 Å². The lowest BCUT2D eigenvalue weighted by molar-refractivity contribution is 0.419. The van der Waals surface area contributed by atoms with E-state index in [-0.39, 0.29) is 0 Å². The molecule has 0 radical (unpaired) electrons. The van der Waals surface area contributed by atoms with Crippen LogP contribution in [0.4, 0.5) is 0 Å². The first kappa shape index (κ1) is 11.5. The third-order valence-corrected chi connectivity index (χ3v) is 3.92. The van der Waals surface area contributed by atoms with Gasteiger partial charge in [0.15, 0.2) is 0 Å². The molecule has 1 heterocycles. The molecular weight excluding hydrogens is 222 g/mol. The van der Waals surface area contributed by atoms with E-state index in [1.165, 1.54) is 29.2 Å².